The first-order valence-corrected chi connectivity index (χ1v) is 10.3. The zero-order valence-electron chi connectivity index (χ0n) is 17.3. The van der Waals surface area contributed by atoms with Gasteiger partial charge in [-0.25, -0.2) is 9.37 Å². The number of phenols is 1. The van der Waals surface area contributed by atoms with Crippen LogP contribution in [0, 0.1) is 5.82 Å². The molecule has 162 valence electrons. The molecular weight excluding hydrogens is 429 g/mol. The number of thiocarbonyl (C=S) groups is 1. The molecule has 0 saturated heterocycles. The molecule has 0 aliphatic heterocycles. The van der Waals surface area contributed by atoms with Crippen LogP contribution < -0.4 is 10.6 Å². The number of aromatic hydroxyl groups is 1. The van der Waals surface area contributed by atoms with Crippen LogP contribution in [0.1, 0.15) is 35.7 Å². The Morgan fingerprint density at radius 2 is 1.94 bits per heavy atom. The fraction of sp³-hybridized carbons (Fsp3) is 0.125. The van der Waals surface area contributed by atoms with E-state index in [0.717, 1.165) is 11.6 Å². The molecule has 0 radical (unpaired) electrons. The van der Waals surface area contributed by atoms with E-state index in [-0.39, 0.29) is 22.3 Å². The van der Waals surface area contributed by atoms with Crippen LogP contribution >= 0.6 is 12.2 Å². The van der Waals surface area contributed by atoms with Crippen LogP contribution in [0.4, 0.5) is 10.1 Å². The van der Waals surface area contributed by atoms with Crippen LogP contribution in [0.2, 0.25) is 0 Å². The topological polar surface area (TPSA) is 87.4 Å². The third-order valence-corrected chi connectivity index (χ3v) is 5.08. The SMILES string of the molecule is CC(C)c1ccc2oc(-c3cc(NC(=S)NC(=O)c4cccc(F)c4)ccc3O)nc2c1. The Morgan fingerprint density at radius 3 is 2.69 bits per heavy atom. The van der Waals surface area contributed by atoms with Crippen molar-refractivity contribution in [3.8, 4) is 17.2 Å². The summed E-state index contributed by atoms with van der Waals surface area (Å²) in [5, 5.41) is 15.7. The maximum atomic E-state index is 13.3. The number of phenolic OH excluding ortho intramolecular Hbond substituents is 1. The number of benzene rings is 3. The molecule has 0 spiro atoms. The lowest BCUT2D eigenvalue weighted by Gasteiger charge is -2.11. The Bertz CT molecular complexity index is 1330. The number of amides is 1. The van der Waals surface area contributed by atoms with Gasteiger partial charge in [-0.3, -0.25) is 10.1 Å². The predicted octanol–water partition coefficient (Wildman–Crippen LogP) is 5.59. The summed E-state index contributed by atoms with van der Waals surface area (Å²) in [4.78, 5) is 16.8. The highest BCUT2D eigenvalue weighted by Crippen LogP contribution is 2.34. The maximum Gasteiger partial charge on any atom is 0.257 e. The summed E-state index contributed by atoms with van der Waals surface area (Å²) in [6.07, 6.45) is 0. The zero-order chi connectivity index (χ0) is 22.8. The van der Waals surface area contributed by atoms with Crippen molar-refractivity contribution >= 4 is 40.0 Å². The Labute approximate surface area is 189 Å². The van der Waals surface area contributed by atoms with E-state index in [4.69, 9.17) is 16.6 Å². The minimum absolute atomic E-state index is 0.0131. The number of rotatable bonds is 4. The van der Waals surface area contributed by atoms with E-state index in [1.165, 1.54) is 24.3 Å². The van der Waals surface area contributed by atoms with Gasteiger partial charge in [-0.05, 0) is 72.2 Å². The molecule has 0 aliphatic carbocycles. The van der Waals surface area contributed by atoms with Gasteiger partial charge in [0.25, 0.3) is 5.91 Å². The molecule has 32 heavy (non-hydrogen) atoms. The summed E-state index contributed by atoms with van der Waals surface area (Å²) in [5.74, 6) is -0.457. The molecule has 3 aromatic carbocycles. The van der Waals surface area contributed by atoms with E-state index in [0.29, 0.717) is 28.3 Å². The largest absolute Gasteiger partial charge is 0.507 e. The van der Waals surface area contributed by atoms with E-state index in [1.54, 1.807) is 12.1 Å². The van der Waals surface area contributed by atoms with Crippen molar-refractivity contribution in [2.45, 2.75) is 19.8 Å². The molecule has 4 aromatic rings. The summed E-state index contributed by atoms with van der Waals surface area (Å²) in [6, 6.07) is 15.8. The molecule has 0 fully saturated rings. The molecule has 0 saturated carbocycles. The van der Waals surface area contributed by atoms with Crippen molar-refractivity contribution in [3.63, 3.8) is 0 Å². The van der Waals surface area contributed by atoms with Gasteiger partial charge in [-0.2, -0.15) is 0 Å². The molecule has 8 heteroatoms. The van der Waals surface area contributed by atoms with Gasteiger partial charge in [0.2, 0.25) is 5.89 Å². The average molecular weight is 450 g/mol. The first-order valence-electron chi connectivity index (χ1n) is 9.92. The molecule has 0 aliphatic rings. The second kappa shape index (κ2) is 8.76. The van der Waals surface area contributed by atoms with Crippen molar-refractivity contribution in [1.82, 2.24) is 10.3 Å². The van der Waals surface area contributed by atoms with E-state index < -0.39 is 11.7 Å². The quantitative estimate of drug-likeness (QED) is 0.278. The van der Waals surface area contributed by atoms with Gasteiger partial charge < -0.3 is 14.8 Å². The fourth-order valence-corrected chi connectivity index (χ4v) is 3.38. The second-order valence-electron chi connectivity index (χ2n) is 7.55. The van der Waals surface area contributed by atoms with Crippen molar-refractivity contribution in [1.29, 1.82) is 0 Å². The smallest absolute Gasteiger partial charge is 0.257 e. The predicted molar refractivity (Wildman–Crippen MR) is 125 cm³/mol. The number of nitrogens with zero attached hydrogens (tertiary/aromatic N) is 1. The highest BCUT2D eigenvalue weighted by atomic mass is 32.1. The number of oxazole rings is 1. The van der Waals surface area contributed by atoms with Crippen molar-refractivity contribution in [2.24, 2.45) is 0 Å². The van der Waals surface area contributed by atoms with Crippen molar-refractivity contribution in [3.05, 3.63) is 77.6 Å². The van der Waals surface area contributed by atoms with Gasteiger partial charge in [-0.15, -0.1) is 0 Å². The van der Waals surface area contributed by atoms with E-state index in [9.17, 15) is 14.3 Å². The highest BCUT2D eigenvalue weighted by Gasteiger charge is 2.15. The van der Waals surface area contributed by atoms with Gasteiger partial charge in [0.05, 0.1) is 5.56 Å². The number of aromatic nitrogens is 1. The van der Waals surface area contributed by atoms with Crippen LogP contribution in [0.5, 0.6) is 5.75 Å². The summed E-state index contributed by atoms with van der Waals surface area (Å²) in [5.41, 5.74) is 3.47. The standard InChI is InChI=1S/C24H20FN3O3S/c1-13(2)14-6-9-21-19(11-14)27-23(31-21)18-12-17(7-8-20(18)29)26-24(32)28-22(30)15-4-3-5-16(25)10-15/h3-13,29H,1-2H3,(H2,26,28,30,32). The van der Waals surface area contributed by atoms with Gasteiger partial charge in [0.15, 0.2) is 10.7 Å². The van der Waals surface area contributed by atoms with Gasteiger partial charge in [-0.1, -0.05) is 26.0 Å². The normalized spacial score (nSPS) is 11.0. The number of fused-ring (bicyclic) bond motifs is 1. The van der Waals surface area contributed by atoms with Gasteiger partial charge in [0.1, 0.15) is 17.1 Å². The number of anilines is 1. The molecular formula is C24H20FN3O3S. The van der Waals surface area contributed by atoms with Crippen LogP contribution in [0.25, 0.3) is 22.6 Å². The summed E-state index contributed by atoms with van der Waals surface area (Å²) >= 11 is 5.19. The number of carbonyl (C=O) groups is 1. The van der Waals surface area contributed by atoms with Gasteiger partial charge >= 0.3 is 0 Å². The van der Waals surface area contributed by atoms with Crippen LogP contribution in [0.15, 0.2) is 65.1 Å². The first-order chi connectivity index (χ1) is 15.3. The molecule has 3 N–H and O–H groups in total. The molecule has 1 heterocycles. The number of halogens is 1. The fourth-order valence-electron chi connectivity index (χ4n) is 3.17. The van der Waals surface area contributed by atoms with E-state index in [2.05, 4.69) is 29.5 Å². The summed E-state index contributed by atoms with van der Waals surface area (Å²) < 4.78 is 19.2. The zero-order valence-corrected chi connectivity index (χ0v) is 18.2. The van der Waals surface area contributed by atoms with Crippen LogP contribution in [-0.4, -0.2) is 21.1 Å². The molecule has 0 bridgehead atoms. The molecule has 1 aromatic heterocycles. The minimum Gasteiger partial charge on any atom is -0.507 e. The van der Waals surface area contributed by atoms with Crippen molar-refractivity contribution < 1.29 is 18.7 Å². The second-order valence-corrected chi connectivity index (χ2v) is 7.96. The average Bonchev–Trinajstić information content (AvgIpc) is 3.18. The Hall–Kier alpha value is -3.78. The Balaban J connectivity index is 1.54. The third kappa shape index (κ3) is 4.60. The summed E-state index contributed by atoms with van der Waals surface area (Å²) in [6.45, 7) is 4.19. The minimum atomic E-state index is -0.541. The monoisotopic (exact) mass is 449 g/mol. The molecule has 4 rings (SSSR count). The number of hydrogen-bond donors (Lipinski definition) is 3. The van der Waals surface area contributed by atoms with Crippen LogP contribution in [0.3, 0.4) is 0 Å². The lowest BCUT2D eigenvalue weighted by atomic mass is 10.0. The number of hydrogen-bond acceptors (Lipinski definition) is 5. The lowest BCUT2D eigenvalue weighted by molar-refractivity contribution is 0.0977. The van der Waals surface area contributed by atoms with Gasteiger partial charge in [0, 0.05) is 11.3 Å². The summed E-state index contributed by atoms with van der Waals surface area (Å²) in [7, 11) is 0. The third-order valence-electron chi connectivity index (χ3n) is 4.88. The molecule has 0 unspecified atom stereocenters. The maximum absolute atomic E-state index is 13.3. The van der Waals surface area contributed by atoms with Crippen LogP contribution in [-0.2, 0) is 0 Å². The highest BCUT2D eigenvalue weighted by molar-refractivity contribution is 7.80. The first kappa shape index (κ1) is 21.5. The molecule has 1 amide bonds. The molecule has 0 atom stereocenters. The van der Waals surface area contributed by atoms with Crippen molar-refractivity contribution in [2.75, 3.05) is 5.32 Å². The lowest BCUT2D eigenvalue weighted by Crippen LogP contribution is -2.34. The van der Waals surface area contributed by atoms with E-state index >= 15 is 0 Å². The Morgan fingerprint density at radius 1 is 1.12 bits per heavy atom. The Kier molecular flexibility index (Phi) is 5.87. The number of nitrogens with one attached hydrogen (secondary N) is 2. The van der Waals surface area contributed by atoms with E-state index in [1.807, 2.05) is 18.2 Å². The molecule has 6 nitrogen and oxygen atoms in total. The number of carbonyl (C=O) groups excluding carboxylic acids is 1.